The van der Waals surface area contributed by atoms with Crippen LogP contribution in [-0.2, 0) is 0 Å². The third-order valence-electron chi connectivity index (χ3n) is 1.82. The summed E-state index contributed by atoms with van der Waals surface area (Å²) in [7, 11) is 0. The Morgan fingerprint density at radius 1 is 1.23 bits per heavy atom. The van der Waals surface area contributed by atoms with Gasteiger partial charge in [-0.15, -0.1) is 0 Å². The molecule has 0 unspecified atom stereocenters. The molecule has 0 aromatic carbocycles. The van der Waals surface area contributed by atoms with Gasteiger partial charge in [0.1, 0.15) is 0 Å². The van der Waals surface area contributed by atoms with E-state index in [0.717, 1.165) is 10.5 Å². The van der Waals surface area contributed by atoms with Crippen LogP contribution in [0.15, 0.2) is 0 Å². The highest BCUT2D eigenvalue weighted by atomic mass is 127. The highest BCUT2D eigenvalue weighted by Crippen LogP contribution is 2.09. The van der Waals surface area contributed by atoms with Gasteiger partial charge in [-0.1, -0.05) is 42.9 Å². The topological polar surface area (TPSA) is 36.1 Å². The van der Waals surface area contributed by atoms with Crippen LogP contribution in [-0.4, -0.2) is 16.5 Å². The van der Waals surface area contributed by atoms with E-state index in [1.54, 1.807) is 0 Å². The lowest BCUT2D eigenvalue weighted by Crippen LogP contribution is -2.47. The van der Waals surface area contributed by atoms with E-state index < -0.39 is 0 Å². The van der Waals surface area contributed by atoms with Gasteiger partial charge >= 0.3 is 0 Å². The number of alkyl halides is 1. The molecular formula is C9H22IN3. The minimum absolute atomic E-state index is 0.536. The van der Waals surface area contributed by atoms with Gasteiger partial charge in [-0.05, 0) is 19.8 Å². The van der Waals surface area contributed by atoms with Crippen LogP contribution in [0, 0.1) is 0 Å². The first-order valence-electron chi connectivity index (χ1n) is 5.04. The average molecular weight is 299 g/mol. The van der Waals surface area contributed by atoms with Gasteiger partial charge in [0.05, 0.1) is 0 Å². The summed E-state index contributed by atoms with van der Waals surface area (Å²) in [5.74, 6) is 0. The van der Waals surface area contributed by atoms with Crippen molar-refractivity contribution in [3.05, 3.63) is 0 Å². The molecule has 0 fully saturated rings. The van der Waals surface area contributed by atoms with Crippen molar-refractivity contribution in [2.45, 2.75) is 50.0 Å². The maximum atomic E-state index is 3.19. The van der Waals surface area contributed by atoms with Crippen molar-refractivity contribution in [3.63, 3.8) is 0 Å². The summed E-state index contributed by atoms with van der Waals surface area (Å²) in [6.07, 6.45) is 3.84. The van der Waals surface area contributed by atoms with Crippen LogP contribution in [0.3, 0.4) is 0 Å². The molecule has 0 saturated carbocycles. The van der Waals surface area contributed by atoms with Crippen molar-refractivity contribution in [2.75, 3.05) is 6.54 Å². The second kappa shape index (κ2) is 9.18. The van der Waals surface area contributed by atoms with Crippen molar-refractivity contribution in [1.82, 2.24) is 16.4 Å². The van der Waals surface area contributed by atoms with Gasteiger partial charge in [-0.3, -0.25) is 0 Å². The molecule has 80 valence electrons. The van der Waals surface area contributed by atoms with Crippen LogP contribution >= 0.6 is 22.6 Å². The first-order valence-corrected chi connectivity index (χ1v) is 6.28. The monoisotopic (exact) mass is 299 g/mol. The molecule has 0 heterocycles. The molecule has 0 aliphatic heterocycles. The zero-order valence-electron chi connectivity index (χ0n) is 8.86. The maximum absolute atomic E-state index is 3.19. The second-order valence-corrected chi connectivity index (χ2v) is 5.54. The van der Waals surface area contributed by atoms with Crippen molar-refractivity contribution in [3.8, 4) is 0 Å². The molecule has 4 heteroatoms. The van der Waals surface area contributed by atoms with Gasteiger partial charge < -0.3 is 0 Å². The predicted molar refractivity (Wildman–Crippen MR) is 66.7 cm³/mol. The van der Waals surface area contributed by atoms with E-state index in [4.69, 9.17) is 0 Å². The third kappa shape index (κ3) is 10.5. The van der Waals surface area contributed by atoms with Crippen LogP contribution in [0.1, 0.15) is 40.0 Å². The molecule has 0 bridgehead atoms. The lowest BCUT2D eigenvalue weighted by atomic mass is 10.1. The molecule has 3 nitrogen and oxygen atoms in total. The second-order valence-electron chi connectivity index (χ2n) is 3.41. The summed E-state index contributed by atoms with van der Waals surface area (Å²) in [5, 5.41) is 0. The fourth-order valence-electron chi connectivity index (χ4n) is 1.04. The zero-order valence-corrected chi connectivity index (χ0v) is 11.0. The number of rotatable bonds is 8. The Morgan fingerprint density at radius 2 is 1.92 bits per heavy atom. The summed E-state index contributed by atoms with van der Waals surface area (Å²) < 4.78 is 0.798. The molecule has 0 saturated heterocycles. The lowest BCUT2D eigenvalue weighted by Gasteiger charge is -2.14. The van der Waals surface area contributed by atoms with Gasteiger partial charge in [-0.25, -0.2) is 10.9 Å². The van der Waals surface area contributed by atoms with Crippen molar-refractivity contribution in [1.29, 1.82) is 0 Å². The van der Waals surface area contributed by atoms with E-state index in [0.29, 0.717) is 6.04 Å². The van der Waals surface area contributed by atoms with Crippen molar-refractivity contribution in [2.24, 2.45) is 0 Å². The summed E-state index contributed by atoms with van der Waals surface area (Å²) in [6, 6.07) is 0.536. The Morgan fingerprint density at radius 3 is 2.46 bits per heavy atom. The van der Waals surface area contributed by atoms with Gasteiger partial charge in [0.2, 0.25) is 0 Å². The fourth-order valence-corrected chi connectivity index (χ4v) is 1.48. The Bertz CT molecular complexity index is 109. The minimum Gasteiger partial charge on any atom is -0.244 e. The van der Waals surface area contributed by atoms with Crippen LogP contribution in [0.5, 0.6) is 0 Å². The van der Waals surface area contributed by atoms with Crippen LogP contribution in [0.4, 0.5) is 0 Å². The summed E-state index contributed by atoms with van der Waals surface area (Å²) >= 11 is 2.48. The highest BCUT2D eigenvalue weighted by molar-refractivity contribution is 14.1. The summed E-state index contributed by atoms with van der Waals surface area (Å²) in [4.78, 5) is 0. The molecule has 13 heavy (non-hydrogen) atoms. The molecule has 3 N–H and O–H groups in total. The SMILES string of the molecule is CCNNN[C@H](C)CCC[C@@H](C)I. The number of hydrogen-bond donors (Lipinski definition) is 3. The fraction of sp³-hybridized carbons (Fsp3) is 1.00. The zero-order chi connectivity index (χ0) is 10.1. The largest absolute Gasteiger partial charge is 0.244 e. The number of nitrogens with one attached hydrogen (secondary N) is 3. The summed E-state index contributed by atoms with van der Waals surface area (Å²) in [5.41, 5.74) is 9.18. The predicted octanol–water partition coefficient (Wildman–Crippen LogP) is 1.99. The Hall–Kier alpha value is 0.610. The molecular weight excluding hydrogens is 277 g/mol. The standard InChI is InChI=1S/C9H22IN3/c1-4-11-13-12-9(3)7-5-6-8(2)10/h8-9,11-13H,4-7H2,1-3H3/t8-,9-/m1/s1. The van der Waals surface area contributed by atoms with Gasteiger partial charge in [0, 0.05) is 16.5 Å². The molecule has 2 atom stereocenters. The Kier molecular flexibility index (Phi) is 9.61. The van der Waals surface area contributed by atoms with E-state index in [9.17, 15) is 0 Å². The third-order valence-corrected chi connectivity index (χ3v) is 2.45. The lowest BCUT2D eigenvalue weighted by molar-refractivity contribution is 0.371. The Labute approximate surface area is 95.5 Å². The molecule has 0 aliphatic carbocycles. The summed E-state index contributed by atoms with van der Waals surface area (Å²) in [6.45, 7) is 7.46. The number of halogens is 1. The number of hydrazine groups is 2. The van der Waals surface area contributed by atoms with E-state index in [2.05, 4.69) is 59.7 Å². The molecule has 0 spiro atoms. The molecule has 0 aromatic heterocycles. The van der Waals surface area contributed by atoms with Gasteiger partial charge in [0.25, 0.3) is 0 Å². The quantitative estimate of drug-likeness (QED) is 0.278. The van der Waals surface area contributed by atoms with Gasteiger partial charge in [0.15, 0.2) is 0 Å². The molecule has 0 aliphatic rings. The maximum Gasteiger partial charge on any atom is 0.0197 e. The highest BCUT2D eigenvalue weighted by Gasteiger charge is 2.01. The molecule has 0 rings (SSSR count). The van der Waals surface area contributed by atoms with E-state index >= 15 is 0 Å². The van der Waals surface area contributed by atoms with Crippen LogP contribution in [0.2, 0.25) is 0 Å². The smallest absolute Gasteiger partial charge is 0.0197 e. The first-order chi connectivity index (χ1) is 6.16. The van der Waals surface area contributed by atoms with Crippen molar-refractivity contribution < 1.29 is 0 Å². The van der Waals surface area contributed by atoms with Crippen LogP contribution in [0.25, 0.3) is 0 Å². The van der Waals surface area contributed by atoms with E-state index in [1.807, 2.05) is 0 Å². The first kappa shape index (κ1) is 13.6. The number of hydrogen-bond acceptors (Lipinski definition) is 3. The minimum atomic E-state index is 0.536. The van der Waals surface area contributed by atoms with Crippen molar-refractivity contribution >= 4 is 22.6 Å². The van der Waals surface area contributed by atoms with Gasteiger partial charge in [-0.2, -0.15) is 5.53 Å². The Balaban J connectivity index is 3.15. The van der Waals surface area contributed by atoms with E-state index in [1.165, 1.54) is 19.3 Å². The van der Waals surface area contributed by atoms with Crippen LogP contribution < -0.4 is 16.4 Å². The van der Waals surface area contributed by atoms with E-state index in [-0.39, 0.29) is 0 Å². The molecule has 0 amide bonds. The molecule has 0 aromatic rings. The average Bonchev–Trinajstić information content (AvgIpc) is 2.04. The normalized spacial score (nSPS) is 15.7. The molecule has 0 radical (unpaired) electrons.